The number of halogens is 3. The van der Waals surface area contributed by atoms with Crippen molar-refractivity contribution in [3.05, 3.63) is 66.0 Å². The summed E-state index contributed by atoms with van der Waals surface area (Å²) in [6, 6.07) is 6.23. The van der Waals surface area contributed by atoms with Crippen molar-refractivity contribution in [2.45, 2.75) is 6.18 Å². The second-order valence-electron chi connectivity index (χ2n) is 5.59. The Kier molecular flexibility index (Phi) is 4.69. The first-order chi connectivity index (χ1) is 12.8. The predicted octanol–water partition coefficient (Wildman–Crippen LogP) is 3.51. The summed E-state index contributed by atoms with van der Waals surface area (Å²) in [6.07, 6.45) is -1.77. The zero-order valence-electron chi connectivity index (χ0n) is 14.1. The number of hydrogen-bond donors (Lipinski definition) is 1. The van der Waals surface area contributed by atoms with Crippen LogP contribution in [0.5, 0.6) is 0 Å². The summed E-state index contributed by atoms with van der Waals surface area (Å²) >= 11 is 0. The minimum atomic E-state index is -4.39. The van der Waals surface area contributed by atoms with Gasteiger partial charge in [-0.1, -0.05) is 12.5 Å². The molecule has 0 aliphatic rings. The number of nitrogens with zero attached hydrogens (tertiary/aromatic N) is 3. The fourth-order valence-electron chi connectivity index (χ4n) is 2.37. The number of alkyl halides is 3. The molecule has 0 spiro atoms. The van der Waals surface area contributed by atoms with Crippen molar-refractivity contribution in [1.29, 1.82) is 0 Å². The van der Waals surface area contributed by atoms with E-state index in [2.05, 4.69) is 33.8 Å². The molecule has 3 rings (SSSR count). The molecule has 2 aromatic heterocycles. The van der Waals surface area contributed by atoms with Crippen molar-refractivity contribution in [3.63, 3.8) is 0 Å². The smallest absolute Gasteiger partial charge is 0.321 e. The average Bonchev–Trinajstić information content (AvgIpc) is 2.95. The predicted molar refractivity (Wildman–Crippen MR) is 94.8 cm³/mol. The monoisotopic (exact) mass is 370 g/mol. The van der Waals surface area contributed by atoms with Crippen LogP contribution in [0.1, 0.15) is 16.8 Å². The molecule has 0 aliphatic heterocycles. The van der Waals surface area contributed by atoms with E-state index in [1.165, 1.54) is 23.0 Å². The Hall–Kier alpha value is -3.60. The molecular weight excluding hydrogens is 357 g/mol. The average molecular weight is 370 g/mol. The lowest BCUT2D eigenvalue weighted by molar-refractivity contribution is -0.137. The van der Waals surface area contributed by atoms with Crippen LogP contribution in [0.4, 0.5) is 18.9 Å². The van der Waals surface area contributed by atoms with Gasteiger partial charge in [0.15, 0.2) is 5.65 Å². The van der Waals surface area contributed by atoms with Crippen molar-refractivity contribution in [2.24, 2.45) is 7.05 Å². The lowest BCUT2D eigenvalue weighted by atomic mass is 10.1. The summed E-state index contributed by atoms with van der Waals surface area (Å²) in [6.45, 7) is 3.38. The molecule has 136 valence electrons. The highest BCUT2D eigenvalue weighted by Gasteiger charge is 2.29. The number of rotatable bonds is 2. The van der Waals surface area contributed by atoms with Gasteiger partial charge in [-0.15, -0.1) is 0 Å². The van der Waals surface area contributed by atoms with Crippen LogP contribution in [0.2, 0.25) is 0 Å². The fraction of sp³-hybridized carbons (Fsp3) is 0.105. The number of pyridine rings is 1. The lowest BCUT2D eigenvalue weighted by Gasteiger charge is -2.05. The Morgan fingerprint density at radius 3 is 2.59 bits per heavy atom. The van der Waals surface area contributed by atoms with Crippen LogP contribution in [0.15, 0.2) is 49.2 Å². The van der Waals surface area contributed by atoms with Crippen LogP contribution in [0.25, 0.3) is 11.0 Å². The Balaban J connectivity index is 1.95. The molecule has 0 unspecified atom stereocenters. The number of carbonyl (C=O) groups is 1. The van der Waals surface area contributed by atoms with Gasteiger partial charge in [0, 0.05) is 12.6 Å². The third-order valence-electron chi connectivity index (χ3n) is 3.67. The number of benzene rings is 1. The Labute approximate surface area is 152 Å². The van der Waals surface area contributed by atoms with E-state index in [0.717, 1.165) is 18.2 Å². The quantitative estimate of drug-likeness (QED) is 0.555. The molecule has 0 atom stereocenters. The molecule has 0 aliphatic carbocycles. The van der Waals surface area contributed by atoms with Gasteiger partial charge in [-0.3, -0.25) is 4.79 Å². The topological polar surface area (TPSA) is 59.8 Å². The van der Waals surface area contributed by atoms with E-state index < -0.39 is 11.7 Å². The van der Waals surface area contributed by atoms with E-state index >= 15 is 0 Å². The first kappa shape index (κ1) is 18.2. The molecule has 0 bridgehead atoms. The summed E-state index contributed by atoms with van der Waals surface area (Å²) < 4.78 is 39.4. The van der Waals surface area contributed by atoms with Gasteiger partial charge in [-0.25, -0.2) is 9.67 Å². The van der Waals surface area contributed by atoms with Gasteiger partial charge in [0.1, 0.15) is 5.69 Å². The van der Waals surface area contributed by atoms with E-state index in [1.54, 1.807) is 13.1 Å². The molecule has 0 saturated carbocycles. The van der Waals surface area contributed by atoms with E-state index in [1.807, 2.05) is 0 Å². The Morgan fingerprint density at radius 2 is 1.96 bits per heavy atom. The van der Waals surface area contributed by atoms with Crippen LogP contribution in [0, 0.1) is 11.8 Å². The molecule has 0 radical (unpaired) electrons. The van der Waals surface area contributed by atoms with E-state index in [-0.39, 0.29) is 5.91 Å². The number of anilines is 1. The summed E-state index contributed by atoms with van der Waals surface area (Å²) in [7, 11) is 1.70. The van der Waals surface area contributed by atoms with Gasteiger partial charge in [0.2, 0.25) is 5.91 Å². The van der Waals surface area contributed by atoms with Crippen molar-refractivity contribution in [2.75, 3.05) is 5.32 Å². The maximum atomic E-state index is 12.6. The summed E-state index contributed by atoms with van der Waals surface area (Å²) in [4.78, 5) is 15.7. The molecule has 27 heavy (non-hydrogen) atoms. The summed E-state index contributed by atoms with van der Waals surface area (Å²) in [5, 5.41) is 7.48. The van der Waals surface area contributed by atoms with Crippen molar-refractivity contribution in [3.8, 4) is 11.8 Å². The highest BCUT2D eigenvalue weighted by atomic mass is 19.4. The maximum absolute atomic E-state index is 12.6. The number of aromatic nitrogens is 3. The normalized spacial score (nSPS) is 11.0. The standard InChI is InChI=1S/C19H13F3N4O/c1-3-17(27)24-14-10-15-16(25-26(2)18(15)23-11-14)9-6-12-4-7-13(8-5-12)19(20,21)22/h3-5,7-8,10-11H,1H2,2H3,(H,24,27). The van der Waals surface area contributed by atoms with Crippen LogP contribution in [0.3, 0.4) is 0 Å². The third-order valence-corrected chi connectivity index (χ3v) is 3.67. The van der Waals surface area contributed by atoms with E-state index in [9.17, 15) is 18.0 Å². The molecule has 0 saturated heterocycles. The van der Waals surface area contributed by atoms with Crippen LogP contribution < -0.4 is 5.32 Å². The number of hydrogen-bond acceptors (Lipinski definition) is 3. The van der Waals surface area contributed by atoms with Crippen LogP contribution in [-0.4, -0.2) is 20.7 Å². The molecule has 5 nitrogen and oxygen atoms in total. The number of aryl methyl sites for hydroxylation is 1. The summed E-state index contributed by atoms with van der Waals surface area (Å²) in [5.74, 6) is 5.26. The fourth-order valence-corrected chi connectivity index (χ4v) is 2.37. The van der Waals surface area contributed by atoms with Crippen LogP contribution in [-0.2, 0) is 18.0 Å². The minimum Gasteiger partial charge on any atom is -0.321 e. The number of carbonyl (C=O) groups excluding carboxylic acids is 1. The molecule has 3 aromatic rings. The molecule has 8 heteroatoms. The van der Waals surface area contributed by atoms with Gasteiger partial charge in [0.05, 0.1) is 22.8 Å². The Bertz CT molecular complexity index is 1090. The largest absolute Gasteiger partial charge is 0.416 e. The van der Waals surface area contributed by atoms with Gasteiger partial charge in [0.25, 0.3) is 0 Å². The Morgan fingerprint density at radius 1 is 1.26 bits per heavy atom. The van der Waals surface area contributed by atoms with Gasteiger partial charge in [-0.05, 0) is 42.3 Å². The highest BCUT2D eigenvalue weighted by Crippen LogP contribution is 2.29. The van der Waals surface area contributed by atoms with E-state index in [4.69, 9.17) is 0 Å². The number of fused-ring (bicyclic) bond motifs is 1. The SMILES string of the molecule is C=CC(=O)Nc1cnc2c(c1)c(C#Cc1ccc(C(F)(F)F)cc1)nn2C. The number of amides is 1. The molecular formula is C19H13F3N4O. The molecule has 1 aromatic carbocycles. The summed E-state index contributed by atoms with van der Waals surface area (Å²) in [5.41, 5.74) is 1.10. The van der Waals surface area contributed by atoms with Crippen LogP contribution >= 0.6 is 0 Å². The zero-order valence-corrected chi connectivity index (χ0v) is 14.1. The first-order valence-electron chi connectivity index (χ1n) is 7.73. The van der Waals surface area contributed by atoms with Crippen molar-refractivity contribution < 1.29 is 18.0 Å². The third kappa shape index (κ3) is 3.98. The molecule has 2 heterocycles. The second-order valence-corrected chi connectivity index (χ2v) is 5.59. The lowest BCUT2D eigenvalue weighted by Crippen LogP contribution is -2.07. The first-order valence-corrected chi connectivity index (χ1v) is 7.73. The maximum Gasteiger partial charge on any atom is 0.416 e. The minimum absolute atomic E-state index is 0.377. The number of nitrogens with one attached hydrogen (secondary N) is 1. The van der Waals surface area contributed by atoms with Crippen molar-refractivity contribution >= 4 is 22.6 Å². The van der Waals surface area contributed by atoms with Gasteiger partial charge >= 0.3 is 6.18 Å². The van der Waals surface area contributed by atoms with Gasteiger partial charge in [-0.2, -0.15) is 18.3 Å². The van der Waals surface area contributed by atoms with Crippen molar-refractivity contribution in [1.82, 2.24) is 14.8 Å². The van der Waals surface area contributed by atoms with Gasteiger partial charge < -0.3 is 5.32 Å². The van der Waals surface area contributed by atoms with E-state index in [0.29, 0.717) is 28.0 Å². The highest BCUT2D eigenvalue weighted by molar-refractivity contribution is 6.00. The molecule has 1 N–H and O–H groups in total. The zero-order chi connectivity index (χ0) is 19.6. The molecule has 1 amide bonds. The molecule has 0 fully saturated rings. The second kappa shape index (κ2) is 6.96.